The summed E-state index contributed by atoms with van der Waals surface area (Å²) in [6, 6.07) is 10.6. The van der Waals surface area contributed by atoms with Gasteiger partial charge in [0.15, 0.2) is 6.61 Å². The van der Waals surface area contributed by atoms with E-state index < -0.39 is 0 Å². The Balaban J connectivity index is 1.79. The monoisotopic (exact) mass is 318 g/mol. The molecule has 1 aromatic heterocycles. The van der Waals surface area contributed by atoms with E-state index in [1.807, 2.05) is 6.07 Å². The molecule has 0 bridgehead atoms. The van der Waals surface area contributed by atoms with E-state index in [4.69, 9.17) is 20.8 Å². The summed E-state index contributed by atoms with van der Waals surface area (Å²) < 4.78 is 10.5. The smallest absolute Gasteiger partial charge is 0.277 e. The highest BCUT2D eigenvalue weighted by molar-refractivity contribution is 6.32. The first kappa shape index (κ1) is 15.9. The van der Waals surface area contributed by atoms with Crippen molar-refractivity contribution in [1.82, 2.24) is 5.43 Å². The summed E-state index contributed by atoms with van der Waals surface area (Å²) in [6.45, 7) is 1.59. The summed E-state index contributed by atoms with van der Waals surface area (Å²) in [5, 5.41) is 4.39. The number of amides is 1. The van der Waals surface area contributed by atoms with Gasteiger partial charge in [0, 0.05) is 0 Å². The molecular weight excluding hydrogens is 304 g/mol. The molecule has 2 rings (SSSR count). The van der Waals surface area contributed by atoms with Gasteiger partial charge in [-0.25, -0.2) is 5.43 Å². The second-order valence-electron chi connectivity index (χ2n) is 4.36. The number of hydrazone groups is 1. The number of benzene rings is 1. The van der Waals surface area contributed by atoms with E-state index in [9.17, 15) is 4.79 Å². The van der Waals surface area contributed by atoms with Crippen LogP contribution in [0.4, 0.5) is 0 Å². The molecule has 1 heterocycles. The van der Waals surface area contributed by atoms with Crippen molar-refractivity contribution in [3.05, 3.63) is 59.5 Å². The Labute approximate surface area is 133 Å². The predicted octanol–water partition coefficient (Wildman–Crippen LogP) is 3.52. The number of halogens is 1. The lowest BCUT2D eigenvalue weighted by molar-refractivity contribution is -0.123. The van der Waals surface area contributed by atoms with E-state index in [0.29, 0.717) is 22.2 Å². The SMILES string of the molecule is CC(C=Cc1ccco1)=NNC(=O)COc1ccccc1Cl. The van der Waals surface area contributed by atoms with Crippen LogP contribution in [-0.2, 0) is 4.79 Å². The molecule has 6 heteroatoms. The predicted molar refractivity (Wildman–Crippen MR) is 85.9 cm³/mol. The maximum atomic E-state index is 11.6. The maximum absolute atomic E-state index is 11.6. The summed E-state index contributed by atoms with van der Waals surface area (Å²) in [6.07, 6.45) is 5.07. The van der Waals surface area contributed by atoms with Gasteiger partial charge < -0.3 is 9.15 Å². The van der Waals surface area contributed by atoms with Gasteiger partial charge in [0.05, 0.1) is 17.0 Å². The van der Waals surface area contributed by atoms with E-state index in [1.165, 1.54) is 0 Å². The van der Waals surface area contributed by atoms with E-state index in [0.717, 1.165) is 0 Å². The van der Waals surface area contributed by atoms with Gasteiger partial charge in [0.25, 0.3) is 5.91 Å². The molecule has 0 spiro atoms. The van der Waals surface area contributed by atoms with Crippen LogP contribution in [0.25, 0.3) is 6.08 Å². The second kappa shape index (κ2) is 8.05. The first-order valence-electron chi connectivity index (χ1n) is 6.57. The fraction of sp³-hybridized carbons (Fsp3) is 0.125. The Kier molecular flexibility index (Phi) is 5.80. The van der Waals surface area contributed by atoms with E-state index >= 15 is 0 Å². The second-order valence-corrected chi connectivity index (χ2v) is 4.76. The zero-order chi connectivity index (χ0) is 15.8. The minimum atomic E-state index is -0.370. The summed E-state index contributed by atoms with van der Waals surface area (Å²) in [4.78, 5) is 11.6. The Morgan fingerprint density at radius 3 is 2.91 bits per heavy atom. The number of rotatable bonds is 6. The fourth-order valence-corrected chi connectivity index (χ4v) is 1.70. The van der Waals surface area contributed by atoms with Crippen molar-refractivity contribution in [2.45, 2.75) is 6.92 Å². The van der Waals surface area contributed by atoms with E-state index in [2.05, 4.69) is 10.5 Å². The van der Waals surface area contributed by atoms with Gasteiger partial charge in [0.2, 0.25) is 0 Å². The molecule has 0 fully saturated rings. The Morgan fingerprint density at radius 2 is 2.18 bits per heavy atom. The van der Waals surface area contributed by atoms with Crippen LogP contribution in [0, 0.1) is 0 Å². The molecule has 1 amide bonds. The van der Waals surface area contributed by atoms with Crippen molar-refractivity contribution in [1.29, 1.82) is 0 Å². The molecule has 5 nitrogen and oxygen atoms in total. The highest BCUT2D eigenvalue weighted by atomic mass is 35.5. The lowest BCUT2D eigenvalue weighted by atomic mass is 10.3. The quantitative estimate of drug-likeness (QED) is 0.654. The number of hydrogen-bond donors (Lipinski definition) is 1. The van der Waals surface area contributed by atoms with Crippen molar-refractivity contribution in [2.75, 3.05) is 6.61 Å². The van der Waals surface area contributed by atoms with Gasteiger partial charge in [-0.3, -0.25) is 4.79 Å². The normalized spacial score (nSPS) is 11.6. The van der Waals surface area contributed by atoms with Crippen LogP contribution in [0.5, 0.6) is 5.75 Å². The van der Waals surface area contributed by atoms with Crippen molar-refractivity contribution in [3.8, 4) is 5.75 Å². The number of para-hydroxylation sites is 1. The molecule has 1 aromatic carbocycles. The van der Waals surface area contributed by atoms with Gasteiger partial charge in [-0.2, -0.15) is 5.10 Å². The number of carbonyl (C=O) groups is 1. The van der Waals surface area contributed by atoms with Crippen LogP contribution >= 0.6 is 11.6 Å². The number of ether oxygens (including phenoxy) is 1. The van der Waals surface area contributed by atoms with Gasteiger partial charge in [-0.15, -0.1) is 0 Å². The third kappa shape index (κ3) is 5.10. The Bertz CT molecular complexity index is 678. The van der Waals surface area contributed by atoms with Crippen LogP contribution in [-0.4, -0.2) is 18.2 Å². The highest BCUT2D eigenvalue weighted by Crippen LogP contribution is 2.22. The maximum Gasteiger partial charge on any atom is 0.277 e. The largest absolute Gasteiger partial charge is 0.482 e. The van der Waals surface area contributed by atoms with E-state index in [-0.39, 0.29) is 12.5 Å². The molecule has 2 aromatic rings. The molecule has 0 aliphatic heterocycles. The number of hydrogen-bond acceptors (Lipinski definition) is 4. The molecule has 0 unspecified atom stereocenters. The number of carbonyl (C=O) groups excluding carboxylic acids is 1. The molecule has 114 valence electrons. The van der Waals surface area contributed by atoms with Crippen LogP contribution in [0.3, 0.4) is 0 Å². The molecule has 0 radical (unpaired) electrons. The molecule has 1 N–H and O–H groups in total. The van der Waals surface area contributed by atoms with Gasteiger partial charge in [0.1, 0.15) is 11.5 Å². The van der Waals surface area contributed by atoms with Gasteiger partial charge >= 0.3 is 0 Å². The third-order valence-corrected chi connectivity index (χ3v) is 2.90. The van der Waals surface area contributed by atoms with Crippen LogP contribution in [0.1, 0.15) is 12.7 Å². The zero-order valence-electron chi connectivity index (χ0n) is 12.0. The molecule has 0 saturated heterocycles. The van der Waals surface area contributed by atoms with E-state index in [1.54, 1.807) is 55.7 Å². The molecule has 0 saturated carbocycles. The standard InChI is InChI=1S/C16H15ClN2O3/c1-12(8-9-13-5-4-10-21-13)18-19-16(20)11-22-15-7-3-2-6-14(15)17/h2-10H,11H2,1H3,(H,19,20). The molecule has 22 heavy (non-hydrogen) atoms. The fourth-order valence-electron chi connectivity index (χ4n) is 1.51. The Morgan fingerprint density at radius 1 is 1.36 bits per heavy atom. The first-order valence-corrected chi connectivity index (χ1v) is 6.95. The van der Waals surface area contributed by atoms with Crippen molar-refractivity contribution in [3.63, 3.8) is 0 Å². The lowest BCUT2D eigenvalue weighted by Crippen LogP contribution is -2.25. The summed E-state index contributed by atoms with van der Waals surface area (Å²) >= 11 is 5.92. The minimum absolute atomic E-state index is 0.164. The van der Waals surface area contributed by atoms with Crippen molar-refractivity contribution in [2.24, 2.45) is 5.10 Å². The molecular formula is C16H15ClN2O3. The van der Waals surface area contributed by atoms with Crippen LogP contribution in [0.2, 0.25) is 5.02 Å². The zero-order valence-corrected chi connectivity index (χ0v) is 12.7. The summed E-state index contributed by atoms with van der Waals surface area (Å²) in [5.41, 5.74) is 3.03. The Hall–Kier alpha value is -2.53. The topological polar surface area (TPSA) is 63.8 Å². The summed E-state index contributed by atoms with van der Waals surface area (Å²) in [7, 11) is 0. The van der Waals surface area contributed by atoms with Crippen molar-refractivity contribution < 1.29 is 13.9 Å². The minimum Gasteiger partial charge on any atom is -0.482 e. The van der Waals surface area contributed by atoms with Crippen molar-refractivity contribution >= 4 is 29.3 Å². The van der Waals surface area contributed by atoms with Crippen LogP contribution in [0.15, 0.2) is 58.3 Å². The highest BCUT2D eigenvalue weighted by Gasteiger charge is 2.04. The average Bonchev–Trinajstić information content (AvgIpc) is 3.03. The molecule has 0 aliphatic carbocycles. The lowest BCUT2D eigenvalue weighted by Gasteiger charge is -2.06. The number of nitrogens with zero attached hydrogens (tertiary/aromatic N) is 1. The third-order valence-electron chi connectivity index (χ3n) is 2.58. The van der Waals surface area contributed by atoms with Gasteiger partial charge in [-0.05, 0) is 43.3 Å². The van der Waals surface area contributed by atoms with Crippen LogP contribution < -0.4 is 10.2 Å². The molecule has 0 aliphatic rings. The number of allylic oxidation sites excluding steroid dienone is 1. The van der Waals surface area contributed by atoms with Gasteiger partial charge in [-0.1, -0.05) is 23.7 Å². The average molecular weight is 319 g/mol. The summed E-state index contributed by atoms with van der Waals surface area (Å²) in [5.74, 6) is 0.798. The number of nitrogens with one attached hydrogen (secondary N) is 1. The first-order chi connectivity index (χ1) is 10.6. The molecule has 0 atom stereocenters. The number of furan rings is 1.